The van der Waals surface area contributed by atoms with Crippen molar-refractivity contribution in [2.45, 2.75) is 13.2 Å². The molecule has 5 heteroatoms. The third kappa shape index (κ3) is 1.90. The monoisotopic (exact) mass is 211 g/mol. The number of hydrogen-bond donors (Lipinski definition) is 2. The van der Waals surface area contributed by atoms with Gasteiger partial charge < -0.3 is 19.4 Å². The molecular weight excluding hydrogens is 198 g/mol. The molecule has 2 rings (SSSR count). The van der Waals surface area contributed by atoms with Crippen LogP contribution in [0.1, 0.15) is 11.1 Å². The van der Waals surface area contributed by atoms with Crippen molar-refractivity contribution in [1.82, 2.24) is 5.48 Å². The second-order valence-corrected chi connectivity index (χ2v) is 3.20. The van der Waals surface area contributed by atoms with Gasteiger partial charge in [0.05, 0.1) is 6.61 Å². The smallest absolute Gasteiger partial charge is 0.231 e. The molecule has 82 valence electrons. The van der Waals surface area contributed by atoms with E-state index in [1.54, 1.807) is 7.11 Å². The standard InChI is InChI=1S/C10H13NO4/c1-13-5-8-7(4-11-12)2-3-9-10(8)15-6-14-9/h2-3,11-12H,4-6H2,1H3. The average molecular weight is 211 g/mol. The molecule has 0 aromatic heterocycles. The van der Waals surface area contributed by atoms with Gasteiger partial charge in [0.15, 0.2) is 11.5 Å². The number of rotatable bonds is 4. The van der Waals surface area contributed by atoms with Gasteiger partial charge in [0, 0.05) is 19.2 Å². The molecule has 0 aliphatic carbocycles. The molecule has 1 aliphatic heterocycles. The highest BCUT2D eigenvalue weighted by Gasteiger charge is 2.20. The highest BCUT2D eigenvalue weighted by atomic mass is 16.7. The lowest BCUT2D eigenvalue weighted by molar-refractivity contribution is 0.153. The molecule has 0 radical (unpaired) electrons. The second-order valence-electron chi connectivity index (χ2n) is 3.20. The molecule has 0 spiro atoms. The summed E-state index contributed by atoms with van der Waals surface area (Å²) in [5, 5.41) is 8.70. The summed E-state index contributed by atoms with van der Waals surface area (Å²) in [7, 11) is 1.62. The third-order valence-electron chi connectivity index (χ3n) is 2.30. The first kappa shape index (κ1) is 10.2. The summed E-state index contributed by atoms with van der Waals surface area (Å²) >= 11 is 0. The Kier molecular flexibility index (Phi) is 3.05. The van der Waals surface area contributed by atoms with Crippen LogP contribution in [0.2, 0.25) is 0 Å². The zero-order valence-electron chi connectivity index (χ0n) is 8.45. The Balaban J connectivity index is 2.38. The molecule has 0 saturated heterocycles. The van der Waals surface area contributed by atoms with Crippen molar-refractivity contribution in [2.24, 2.45) is 0 Å². The SMILES string of the molecule is COCc1c(CNO)ccc2c1OCO2. The first-order valence-electron chi connectivity index (χ1n) is 4.63. The van der Waals surface area contributed by atoms with E-state index in [0.29, 0.717) is 18.9 Å². The number of ether oxygens (including phenoxy) is 3. The van der Waals surface area contributed by atoms with Gasteiger partial charge in [-0.15, -0.1) is 0 Å². The van der Waals surface area contributed by atoms with Crippen LogP contribution in [0.5, 0.6) is 11.5 Å². The van der Waals surface area contributed by atoms with Crippen molar-refractivity contribution >= 4 is 0 Å². The maximum Gasteiger partial charge on any atom is 0.231 e. The van der Waals surface area contributed by atoms with Crippen LogP contribution in [0, 0.1) is 0 Å². The van der Waals surface area contributed by atoms with Crippen LogP contribution in [0.4, 0.5) is 0 Å². The molecule has 0 saturated carbocycles. The van der Waals surface area contributed by atoms with Gasteiger partial charge in [0.25, 0.3) is 0 Å². The van der Waals surface area contributed by atoms with E-state index in [1.807, 2.05) is 12.1 Å². The van der Waals surface area contributed by atoms with E-state index in [9.17, 15) is 0 Å². The number of hydrogen-bond acceptors (Lipinski definition) is 5. The summed E-state index contributed by atoms with van der Waals surface area (Å²) in [4.78, 5) is 0. The van der Waals surface area contributed by atoms with Gasteiger partial charge in [-0.3, -0.25) is 0 Å². The summed E-state index contributed by atoms with van der Waals surface area (Å²) in [6, 6.07) is 3.71. The summed E-state index contributed by atoms with van der Waals surface area (Å²) in [6.45, 7) is 1.03. The maximum atomic E-state index is 8.70. The van der Waals surface area contributed by atoms with Gasteiger partial charge in [-0.2, -0.15) is 0 Å². The van der Waals surface area contributed by atoms with Crippen LogP contribution >= 0.6 is 0 Å². The lowest BCUT2D eigenvalue weighted by Crippen LogP contribution is -2.09. The third-order valence-corrected chi connectivity index (χ3v) is 2.30. The minimum Gasteiger partial charge on any atom is -0.454 e. The molecule has 2 N–H and O–H groups in total. The Morgan fingerprint density at radius 2 is 2.33 bits per heavy atom. The van der Waals surface area contributed by atoms with Crippen LogP contribution in [-0.4, -0.2) is 19.1 Å². The van der Waals surface area contributed by atoms with Crippen LogP contribution in [0.15, 0.2) is 12.1 Å². The number of hydroxylamine groups is 1. The van der Waals surface area contributed by atoms with Gasteiger partial charge in [0.2, 0.25) is 6.79 Å². The molecular formula is C10H13NO4. The van der Waals surface area contributed by atoms with Gasteiger partial charge in [-0.1, -0.05) is 6.07 Å². The van der Waals surface area contributed by atoms with Crippen molar-refractivity contribution < 1.29 is 19.4 Å². The van der Waals surface area contributed by atoms with Crippen molar-refractivity contribution in [2.75, 3.05) is 13.9 Å². The maximum absolute atomic E-state index is 8.70. The Labute approximate surface area is 87.5 Å². The Hall–Kier alpha value is -1.30. The van der Waals surface area contributed by atoms with Crippen LogP contribution < -0.4 is 15.0 Å². The Morgan fingerprint density at radius 3 is 3.07 bits per heavy atom. The number of benzene rings is 1. The minimum atomic E-state index is 0.238. The van der Waals surface area contributed by atoms with Crippen molar-refractivity contribution in [3.8, 4) is 11.5 Å². The predicted octanol–water partition coefficient (Wildman–Crippen LogP) is 1.04. The van der Waals surface area contributed by atoms with Crippen molar-refractivity contribution in [3.05, 3.63) is 23.3 Å². The lowest BCUT2D eigenvalue weighted by atomic mass is 10.1. The van der Waals surface area contributed by atoms with E-state index < -0.39 is 0 Å². The van der Waals surface area contributed by atoms with Gasteiger partial charge in [-0.25, -0.2) is 5.48 Å². The highest BCUT2D eigenvalue weighted by molar-refractivity contribution is 5.51. The Bertz CT molecular complexity index is 354. The molecule has 1 aliphatic rings. The molecule has 15 heavy (non-hydrogen) atoms. The number of methoxy groups -OCH3 is 1. The molecule has 1 heterocycles. The lowest BCUT2D eigenvalue weighted by Gasteiger charge is -2.10. The normalized spacial score (nSPS) is 13.2. The van der Waals surface area contributed by atoms with E-state index in [0.717, 1.165) is 16.9 Å². The minimum absolute atomic E-state index is 0.238. The zero-order chi connectivity index (χ0) is 10.7. The first-order valence-corrected chi connectivity index (χ1v) is 4.63. The fourth-order valence-corrected chi connectivity index (χ4v) is 1.62. The molecule has 1 aromatic carbocycles. The summed E-state index contributed by atoms with van der Waals surface area (Å²) in [5.41, 5.74) is 3.97. The highest BCUT2D eigenvalue weighted by Crippen LogP contribution is 2.37. The molecule has 5 nitrogen and oxygen atoms in total. The fourth-order valence-electron chi connectivity index (χ4n) is 1.62. The van der Waals surface area contributed by atoms with Crippen LogP contribution in [-0.2, 0) is 17.9 Å². The number of fused-ring (bicyclic) bond motifs is 1. The largest absolute Gasteiger partial charge is 0.454 e. The fraction of sp³-hybridized carbons (Fsp3) is 0.400. The van der Waals surface area contributed by atoms with E-state index >= 15 is 0 Å². The van der Waals surface area contributed by atoms with E-state index in [-0.39, 0.29) is 6.79 Å². The van der Waals surface area contributed by atoms with Gasteiger partial charge in [-0.05, 0) is 11.6 Å². The summed E-state index contributed by atoms with van der Waals surface area (Å²) < 4.78 is 15.7. The predicted molar refractivity (Wildman–Crippen MR) is 51.9 cm³/mol. The molecule has 0 fully saturated rings. The average Bonchev–Trinajstić information content (AvgIpc) is 2.70. The van der Waals surface area contributed by atoms with Crippen molar-refractivity contribution in [1.29, 1.82) is 0 Å². The summed E-state index contributed by atoms with van der Waals surface area (Å²) in [5.74, 6) is 1.44. The van der Waals surface area contributed by atoms with E-state index in [4.69, 9.17) is 19.4 Å². The van der Waals surface area contributed by atoms with Crippen LogP contribution in [0.25, 0.3) is 0 Å². The molecule has 0 amide bonds. The summed E-state index contributed by atoms with van der Waals surface area (Å²) in [6.07, 6.45) is 0. The molecule has 0 bridgehead atoms. The molecule has 0 atom stereocenters. The topological polar surface area (TPSA) is 60.0 Å². The quantitative estimate of drug-likeness (QED) is 0.729. The van der Waals surface area contributed by atoms with E-state index in [1.165, 1.54) is 0 Å². The second kappa shape index (κ2) is 4.48. The molecule has 1 aromatic rings. The Morgan fingerprint density at radius 1 is 1.47 bits per heavy atom. The first-order chi connectivity index (χ1) is 7.36. The van der Waals surface area contributed by atoms with Gasteiger partial charge in [0.1, 0.15) is 0 Å². The van der Waals surface area contributed by atoms with E-state index in [2.05, 4.69) is 5.48 Å². The number of nitrogens with one attached hydrogen (secondary N) is 1. The molecule has 0 unspecified atom stereocenters. The van der Waals surface area contributed by atoms with Gasteiger partial charge >= 0.3 is 0 Å². The van der Waals surface area contributed by atoms with Crippen molar-refractivity contribution in [3.63, 3.8) is 0 Å². The zero-order valence-corrected chi connectivity index (χ0v) is 8.45. The van der Waals surface area contributed by atoms with Crippen LogP contribution in [0.3, 0.4) is 0 Å².